The Morgan fingerprint density at radius 2 is 2.27 bits per heavy atom. The van der Waals surface area contributed by atoms with Crippen LogP contribution in [0.4, 0.5) is 0 Å². The number of carbonyl (C=O) groups excluding carboxylic acids is 1. The molecule has 15 heavy (non-hydrogen) atoms. The zero-order valence-corrected chi connectivity index (χ0v) is 8.15. The number of aromatic nitrogens is 1. The zero-order valence-electron chi connectivity index (χ0n) is 11.2. The van der Waals surface area contributed by atoms with Gasteiger partial charge in [0.1, 0.15) is 0 Å². The lowest BCUT2D eigenvalue weighted by atomic mass is 10.1. The van der Waals surface area contributed by atoms with Gasteiger partial charge in [-0.3, -0.25) is 4.98 Å². The summed E-state index contributed by atoms with van der Waals surface area (Å²) < 4.78 is 26.5. The van der Waals surface area contributed by atoms with Gasteiger partial charge in [0.15, 0.2) is 0 Å². The molecule has 0 amide bonds. The van der Waals surface area contributed by atoms with Crippen LogP contribution in [0.25, 0.3) is 10.9 Å². The summed E-state index contributed by atoms with van der Waals surface area (Å²) in [6, 6.07) is 7.87. The molecular formula is C12H11NO2. The fraction of sp³-hybridized carbons (Fsp3) is 0.167. The molecule has 0 unspecified atom stereocenters. The maximum absolute atomic E-state index is 11.4. The van der Waals surface area contributed by atoms with Gasteiger partial charge in [0.25, 0.3) is 0 Å². The van der Waals surface area contributed by atoms with Crippen molar-refractivity contribution >= 4 is 16.9 Å². The highest BCUT2D eigenvalue weighted by Gasteiger charge is 2.05. The molecular weight excluding hydrogens is 190 g/mol. The summed E-state index contributed by atoms with van der Waals surface area (Å²) in [7, 11) is 1.31. The van der Waals surface area contributed by atoms with Crippen LogP contribution in [0.5, 0.6) is 0 Å². The fourth-order valence-corrected chi connectivity index (χ4v) is 1.37. The number of fused-ring (bicyclic) bond motifs is 1. The third-order valence-corrected chi connectivity index (χ3v) is 2.11. The van der Waals surface area contributed by atoms with Gasteiger partial charge in [-0.25, -0.2) is 4.79 Å². The third kappa shape index (κ3) is 1.81. The highest BCUT2D eigenvalue weighted by molar-refractivity contribution is 5.94. The summed E-state index contributed by atoms with van der Waals surface area (Å²) >= 11 is 0. The SMILES string of the molecule is [2H]C([2H])([2H])c1ccc2cc(C(=O)OC)ccc2n1. The van der Waals surface area contributed by atoms with Gasteiger partial charge in [0, 0.05) is 15.2 Å². The van der Waals surface area contributed by atoms with Gasteiger partial charge < -0.3 is 4.74 Å². The van der Waals surface area contributed by atoms with Crippen LogP contribution >= 0.6 is 0 Å². The molecule has 3 nitrogen and oxygen atoms in total. The maximum Gasteiger partial charge on any atom is 0.337 e. The highest BCUT2D eigenvalue weighted by Crippen LogP contribution is 2.15. The lowest BCUT2D eigenvalue weighted by Crippen LogP contribution is -2.00. The van der Waals surface area contributed by atoms with Gasteiger partial charge in [0.2, 0.25) is 0 Å². The van der Waals surface area contributed by atoms with Gasteiger partial charge in [-0.15, -0.1) is 0 Å². The molecule has 76 valence electrons. The summed E-state index contributed by atoms with van der Waals surface area (Å²) in [5, 5.41) is 0.700. The number of benzene rings is 1. The number of methoxy groups -OCH3 is 1. The molecule has 0 aliphatic rings. The lowest BCUT2D eigenvalue weighted by Gasteiger charge is -2.02. The molecule has 2 aromatic rings. The van der Waals surface area contributed by atoms with E-state index in [2.05, 4.69) is 9.72 Å². The van der Waals surface area contributed by atoms with E-state index in [-0.39, 0.29) is 5.69 Å². The number of hydrogen-bond donors (Lipinski definition) is 0. The molecule has 2 rings (SSSR count). The summed E-state index contributed by atoms with van der Waals surface area (Å²) in [5.41, 5.74) is 0.991. The van der Waals surface area contributed by atoms with Crippen LogP contribution in [-0.2, 0) is 4.74 Å². The van der Waals surface area contributed by atoms with Crippen molar-refractivity contribution in [3.8, 4) is 0 Å². The number of pyridine rings is 1. The molecule has 0 radical (unpaired) electrons. The molecule has 1 aromatic carbocycles. The predicted molar refractivity (Wildman–Crippen MR) is 57.8 cm³/mol. The first-order chi connectivity index (χ1) is 8.41. The van der Waals surface area contributed by atoms with E-state index < -0.39 is 12.8 Å². The number of aryl methyl sites for hydroxylation is 1. The van der Waals surface area contributed by atoms with Crippen molar-refractivity contribution in [1.29, 1.82) is 0 Å². The summed E-state index contributed by atoms with van der Waals surface area (Å²) in [4.78, 5) is 15.4. The molecule has 0 fully saturated rings. The zero-order chi connectivity index (χ0) is 13.3. The third-order valence-electron chi connectivity index (χ3n) is 2.11. The van der Waals surface area contributed by atoms with E-state index in [1.807, 2.05) is 0 Å². The van der Waals surface area contributed by atoms with Crippen molar-refractivity contribution < 1.29 is 13.6 Å². The van der Waals surface area contributed by atoms with Crippen LogP contribution < -0.4 is 0 Å². The second-order valence-corrected chi connectivity index (χ2v) is 3.10. The van der Waals surface area contributed by atoms with Crippen molar-refractivity contribution in [3.63, 3.8) is 0 Å². The number of rotatable bonds is 1. The second-order valence-electron chi connectivity index (χ2n) is 3.10. The molecule has 3 heteroatoms. The van der Waals surface area contributed by atoms with Crippen molar-refractivity contribution in [2.45, 2.75) is 6.85 Å². The lowest BCUT2D eigenvalue weighted by molar-refractivity contribution is 0.0601. The van der Waals surface area contributed by atoms with Gasteiger partial charge in [-0.05, 0) is 31.1 Å². The first-order valence-corrected chi connectivity index (χ1v) is 4.41. The Balaban J connectivity index is 2.52. The van der Waals surface area contributed by atoms with Gasteiger partial charge in [0.05, 0.1) is 18.2 Å². The Kier molecular flexibility index (Phi) is 1.61. The standard InChI is InChI=1S/C12H11NO2/c1-8-3-4-9-7-10(12(14)15-2)5-6-11(9)13-8/h3-7H,1-2H3/i1D3. The van der Waals surface area contributed by atoms with Crippen LogP contribution in [0.3, 0.4) is 0 Å². The van der Waals surface area contributed by atoms with E-state index in [9.17, 15) is 4.79 Å². The van der Waals surface area contributed by atoms with Gasteiger partial charge in [-0.1, -0.05) is 6.07 Å². The minimum Gasteiger partial charge on any atom is -0.465 e. The second kappa shape index (κ2) is 3.69. The smallest absolute Gasteiger partial charge is 0.337 e. The first kappa shape index (κ1) is 6.56. The van der Waals surface area contributed by atoms with E-state index in [1.165, 1.54) is 13.2 Å². The molecule has 0 aliphatic heterocycles. The first-order valence-electron chi connectivity index (χ1n) is 5.91. The Hall–Kier alpha value is -1.90. The van der Waals surface area contributed by atoms with Gasteiger partial charge >= 0.3 is 5.97 Å². The number of esters is 1. The fourth-order valence-electron chi connectivity index (χ4n) is 1.37. The van der Waals surface area contributed by atoms with Crippen LogP contribution in [0, 0.1) is 6.85 Å². The number of carbonyl (C=O) groups is 1. The van der Waals surface area contributed by atoms with Crippen LogP contribution in [0.15, 0.2) is 30.3 Å². The van der Waals surface area contributed by atoms with E-state index in [1.54, 1.807) is 24.3 Å². The molecule has 1 heterocycles. The Bertz CT molecular complexity index is 608. The predicted octanol–water partition coefficient (Wildman–Crippen LogP) is 2.33. The minimum atomic E-state index is -2.23. The van der Waals surface area contributed by atoms with E-state index >= 15 is 0 Å². The van der Waals surface area contributed by atoms with Crippen LogP contribution in [0.1, 0.15) is 20.2 Å². The van der Waals surface area contributed by atoms with Crippen molar-refractivity contribution in [2.24, 2.45) is 0 Å². The number of ether oxygens (including phenoxy) is 1. The van der Waals surface area contributed by atoms with Gasteiger partial charge in [-0.2, -0.15) is 0 Å². The number of hydrogen-bond acceptors (Lipinski definition) is 3. The van der Waals surface area contributed by atoms with E-state index in [0.717, 1.165) is 0 Å². The molecule has 1 aromatic heterocycles. The molecule has 0 aliphatic carbocycles. The van der Waals surface area contributed by atoms with Crippen LogP contribution in [-0.4, -0.2) is 18.1 Å². The Labute approximate surface area is 91.9 Å². The normalized spacial score (nSPS) is 14.1. The monoisotopic (exact) mass is 204 g/mol. The average molecular weight is 204 g/mol. The van der Waals surface area contributed by atoms with Crippen molar-refractivity contribution in [1.82, 2.24) is 4.98 Å². The number of nitrogens with zero attached hydrogens (tertiary/aromatic N) is 1. The highest BCUT2D eigenvalue weighted by atomic mass is 16.5. The van der Waals surface area contributed by atoms with E-state index in [0.29, 0.717) is 16.5 Å². The van der Waals surface area contributed by atoms with Crippen molar-refractivity contribution in [3.05, 3.63) is 41.6 Å². The molecule has 0 saturated carbocycles. The van der Waals surface area contributed by atoms with Crippen molar-refractivity contribution in [2.75, 3.05) is 7.11 Å². The van der Waals surface area contributed by atoms with E-state index in [4.69, 9.17) is 4.11 Å². The minimum absolute atomic E-state index is 0.0424. The van der Waals surface area contributed by atoms with Crippen LogP contribution in [0.2, 0.25) is 0 Å². The maximum atomic E-state index is 11.4. The molecule has 0 saturated heterocycles. The Morgan fingerprint density at radius 1 is 1.40 bits per heavy atom. The summed E-state index contributed by atoms with van der Waals surface area (Å²) in [6.45, 7) is -2.23. The Morgan fingerprint density at radius 3 is 3.00 bits per heavy atom. The molecule has 0 N–H and O–H groups in total. The topological polar surface area (TPSA) is 39.2 Å². The summed E-state index contributed by atoms with van der Waals surface area (Å²) in [5.74, 6) is -0.434. The quantitative estimate of drug-likeness (QED) is 0.669. The molecule has 0 atom stereocenters. The summed E-state index contributed by atoms with van der Waals surface area (Å²) in [6.07, 6.45) is 0. The molecule has 0 spiro atoms. The largest absolute Gasteiger partial charge is 0.465 e. The average Bonchev–Trinajstić information content (AvgIpc) is 2.35. The molecule has 0 bridgehead atoms.